The Bertz CT molecular complexity index is 812. The second-order valence-electron chi connectivity index (χ2n) is 5.00. The first-order valence-corrected chi connectivity index (χ1v) is 8.46. The highest BCUT2D eigenvalue weighted by Crippen LogP contribution is 2.20. The van der Waals surface area contributed by atoms with Gasteiger partial charge in [0.2, 0.25) is 5.91 Å². The number of hydrazine groups is 1. The van der Waals surface area contributed by atoms with E-state index in [4.69, 9.17) is 11.6 Å². The maximum Gasteiger partial charge on any atom is 0.272 e. The van der Waals surface area contributed by atoms with E-state index in [1.54, 1.807) is 24.3 Å². The highest BCUT2D eigenvalue weighted by atomic mass is 35.5. The van der Waals surface area contributed by atoms with E-state index in [2.05, 4.69) is 10.9 Å². The highest BCUT2D eigenvalue weighted by Gasteiger charge is 2.14. The number of nitro groups is 1. The molecular weight excluding hydrogens is 366 g/mol. The van der Waals surface area contributed by atoms with E-state index in [0.29, 0.717) is 10.6 Å². The lowest BCUT2D eigenvalue weighted by molar-refractivity contribution is -0.385. The lowest BCUT2D eigenvalue weighted by Gasteiger charge is -2.08. The molecule has 0 aliphatic rings. The number of benzene rings is 2. The summed E-state index contributed by atoms with van der Waals surface area (Å²) in [7, 11) is 0. The molecule has 2 aromatic carbocycles. The second-order valence-corrected chi connectivity index (χ2v) is 6.49. The minimum atomic E-state index is -0.553. The summed E-state index contributed by atoms with van der Waals surface area (Å²) in [5.74, 6) is -0.823. The lowest BCUT2D eigenvalue weighted by Crippen LogP contribution is -2.42. The van der Waals surface area contributed by atoms with E-state index in [1.807, 2.05) is 0 Å². The van der Waals surface area contributed by atoms with Crippen LogP contribution in [-0.4, -0.2) is 22.5 Å². The van der Waals surface area contributed by atoms with Gasteiger partial charge in [-0.15, -0.1) is 11.8 Å². The third-order valence-corrected chi connectivity index (χ3v) is 4.42. The van der Waals surface area contributed by atoms with Crippen molar-refractivity contribution >= 4 is 40.9 Å². The Balaban J connectivity index is 1.84. The number of nitrogens with one attached hydrogen (secondary N) is 2. The molecule has 0 aromatic heterocycles. The minimum absolute atomic E-state index is 0.0695. The molecule has 0 bridgehead atoms. The maximum atomic E-state index is 12.0. The molecule has 0 atom stereocenters. The zero-order chi connectivity index (χ0) is 18.4. The summed E-state index contributed by atoms with van der Waals surface area (Å²) in [6, 6.07) is 11.0. The Morgan fingerprint density at radius 1 is 1.16 bits per heavy atom. The van der Waals surface area contributed by atoms with Gasteiger partial charge in [-0.3, -0.25) is 30.6 Å². The molecule has 9 heteroatoms. The van der Waals surface area contributed by atoms with Crippen molar-refractivity contribution in [1.29, 1.82) is 0 Å². The first-order chi connectivity index (χ1) is 11.9. The molecule has 0 saturated carbocycles. The summed E-state index contributed by atoms with van der Waals surface area (Å²) in [4.78, 5) is 34.9. The first kappa shape index (κ1) is 18.8. The number of thioether (sulfide) groups is 1. The Hall–Kier alpha value is -2.58. The maximum absolute atomic E-state index is 12.0. The fourth-order valence-corrected chi connectivity index (χ4v) is 2.74. The standard InChI is InChI=1S/C16H14ClN3O4S/c1-10-8-11(2-7-14(10)20(23)24)16(22)19-18-15(21)9-25-13-5-3-12(17)4-6-13/h2-8H,9H2,1H3,(H,18,21)(H,19,22). The average molecular weight is 380 g/mol. The number of hydrogen-bond acceptors (Lipinski definition) is 5. The second kappa shape index (κ2) is 8.50. The van der Waals surface area contributed by atoms with Crippen LogP contribution in [0.4, 0.5) is 5.69 Å². The van der Waals surface area contributed by atoms with Crippen molar-refractivity contribution in [2.24, 2.45) is 0 Å². The number of carbonyl (C=O) groups excluding carboxylic acids is 2. The summed E-state index contributed by atoms with van der Waals surface area (Å²) in [5.41, 5.74) is 5.09. The van der Waals surface area contributed by atoms with Crippen molar-refractivity contribution in [3.8, 4) is 0 Å². The van der Waals surface area contributed by atoms with E-state index < -0.39 is 10.8 Å². The van der Waals surface area contributed by atoms with Gasteiger partial charge in [-0.2, -0.15) is 0 Å². The van der Waals surface area contributed by atoms with Gasteiger partial charge in [-0.25, -0.2) is 0 Å². The molecular formula is C16H14ClN3O4S. The fourth-order valence-electron chi connectivity index (χ4n) is 1.92. The number of halogens is 1. The molecule has 0 saturated heterocycles. The topological polar surface area (TPSA) is 101 Å². The smallest absolute Gasteiger partial charge is 0.272 e. The number of hydrogen-bond donors (Lipinski definition) is 2. The molecule has 2 aromatic rings. The predicted molar refractivity (Wildman–Crippen MR) is 95.6 cm³/mol. The van der Waals surface area contributed by atoms with Gasteiger partial charge in [0.15, 0.2) is 0 Å². The third kappa shape index (κ3) is 5.47. The van der Waals surface area contributed by atoms with Crippen LogP contribution in [0.1, 0.15) is 15.9 Å². The van der Waals surface area contributed by atoms with E-state index in [0.717, 1.165) is 4.90 Å². The van der Waals surface area contributed by atoms with E-state index >= 15 is 0 Å². The number of rotatable bonds is 5. The monoisotopic (exact) mass is 379 g/mol. The summed E-state index contributed by atoms with van der Waals surface area (Å²) >= 11 is 7.08. The van der Waals surface area contributed by atoms with Gasteiger partial charge in [0.1, 0.15) is 0 Å². The van der Waals surface area contributed by atoms with E-state index in [1.165, 1.54) is 36.9 Å². The van der Waals surface area contributed by atoms with Crippen LogP contribution in [0.2, 0.25) is 5.02 Å². The van der Waals surface area contributed by atoms with Crippen LogP contribution < -0.4 is 10.9 Å². The van der Waals surface area contributed by atoms with Crippen LogP contribution in [-0.2, 0) is 4.79 Å². The van der Waals surface area contributed by atoms with Gasteiger partial charge in [0, 0.05) is 27.1 Å². The van der Waals surface area contributed by atoms with Crippen molar-refractivity contribution in [1.82, 2.24) is 10.9 Å². The molecule has 0 unspecified atom stereocenters. The summed E-state index contributed by atoms with van der Waals surface area (Å²) < 4.78 is 0. The SMILES string of the molecule is Cc1cc(C(=O)NNC(=O)CSc2ccc(Cl)cc2)ccc1[N+](=O)[O-]. The molecule has 2 N–H and O–H groups in total. The molecule has 7 nitrogen and oxygen atoms in total. The summed E-state index contributed by atoms with van der Waals surface area (Å²) in [5, 5.41) is 11.4. The number of amides is 2. The van der Waals surface area contributed by atoms with Gasteiger partial charge < -0.3 is 0 Å². The highest BCUT2D eigenvalue weighted by molar-refractivity contribution is 8.00. The molecule has 2 rings (SSSR count). The van der Waals surface area contributed by atoms with Crippen LogP contribution in [0.15, 0.2) is 47.4 Å². The number of nitrogens with zero attached hydrogens (tertiary/aromatic N) is 1. The van der Waals surface area contributed by atoms with Crippen LogP contribution >= 0.6 is 23.4 Å². The lowest BCUT2D eigenvalue weighted by atomic mass is 10.1. The summed E-state index contributed by atoms with van der Waals surface area (Å²) in [6.45, 7) is 1.54. The van der Waals surface area contributed by atoms with Crippen molar-refractivity contribution in [3.05, 3.63) is 68.7 Å². The van der Waals surface area contributed by atoms with Crippen LogP contribution in [0.25, 0.3) is 0 Å². The molecule has 0 spiro atoms. The van der Waals surface area contributed by atoms with Crippen molar-refractivity contribution in [2.75, 3.05) is 5.75 Å². The van der Waals surface area contributed by atoms with Crippen molar-refractivity contribution in [2.45, 2.75) is 11.8 Å². The van der Waals surface area contributed by atoms with Crippen LogP contribution in [0, 0.1) is 17.0 Å². The fraction of sp³-hybridized carbons (Fsp3) is 0.125. The van der Waals surface area contributed by atoms with Crippen molar-refractivity contribution in [3.63, 3.8) is 0 Å². The molecule has 130 valence electrons. The third-order valence-electron chi connectivity index (χ3n) is 3.15. The molecule has 0 aliphatic carbocycles. The van der Waals surface area contributed by atoms with Crippen LogP contribution in [0.3, 0.4) is 0 Å². The average Bonchev–Trinajstić information content (AvgIpc) is 2.58. The molecule has 0 heterocycles. The number of carbonyl (C=O) groups is 2. The largest absolute Gasteiger partial charge is 0.272 e. The Morgan fingerprint density at radius 3 is 2.44 bits per heavy atom. The number of nitro benzene ring substituents is 1. The van der Waals surface area contributed by atoms with Crippen molar-refractivity contribution < 1.29 is 14.5 Å². The first-order valence-electron chi connectivity index (χ1n) is 7.09. The number of aryl methyl sites for hydroxylation is 1. The van der Waals surface area contributed by atoms with Gasteiger partial charge in [0.25, 0.3) is 11.6 Å². The predicted octanol–water partition coefficient (Wildman–Crippen LogP) is 3.11. The van der Waals surface area contributed by atoms with E-state index in [9.17, 15) is 19.7 Å². The molecule has 0 fully saturated rings. The Labute approximate surface area is 152 Å². The van der Waals surface area contributed by atoms with E-state index in [-0.39, 0.29) is 22.9 Å². The van der Waals surface area contributed by atoms with Gasteiger partial charge in [-0.05, 0) is 43.3 Å². The Morgan fingerprint density at radius 2 is 1.84 bits per heavy atom. The zero-order valence-electron chi connectivity index (χ0n) is 13.1. The molecule has 0 aliphatic heterocycles. The molecule has 0 radical (unpaired) electrons. The zero-order valence-corrected chi connectivity index (χ0v) is 14.7. The van der Waals surface area contributed by atoms with Gasteiger partial charge >= 0.3 is 0 Å². The summed E-state index contributed by atoms with van der Waals surface area (Å²) in [6.07, 6.45) is 0. The molecule has 2 amide bonds. The van der Waals surface area contributed by atoms with Crippen LogP contribution in [0.5, 0.6) is 0 Å². The normalized spacial score (nSPS) is 10.2. The van der Waals surface area contributed by atoms with Gasteiger partial charge in [0.05, 0.1) is 10.7 Å². The Kier molecular flexibility index (Phi) is 6.37. The van der Waals surface area contributed by atoms with Gasteiger partial charge in [-0.1, -0.05) is 11.6 Å². The molecule has 25 heavy (non-hydrogen) atoms. The quantitative estimate of drug-likeness (QED) is 0.472. The minimum Gasteiger partial charge on any atom is -0.272 e.